The van der Waals surface area contributed by atoms with Crippen molar-refractivity contribution in [2.75, 3.05) is 6.61 Å². The smallest absolute Gasteiger partial charge is 0.504 e. The second-order valence-electron chi connectivity index (χ2n) is 4.94. The van der Waals surface area contributed by atoms with Gasteiger partial charge in [0.1, 0.15) is 0 Å². The van der Waals surface area contributed by atoms with Crippen molar-refractivity contribution in [3.63, 3.8) is 0 Å². The van der Waals surface area contributed by atoms with Gasteiger partial charge < -0.3 is 14.9 Å². The standard InChI is InChI=1S/C13H20N2O4/c1-3-19-12(17)10(15-14)11(16)9(2)13(18)7-5-4-6-8-13/h9,18H,3-8H2,1-2H3/p+1. The van der Waals surface area contributed by atoms with Crippen LogP contribution in [0.1, 0.15) is 46.0 Å². The molecule has 0 radical (unpaired) electrons. The molecule has 1 atom stereocenters. The lowest BCUT2D eigenvalue weighted by Gasteiger charge is -2.36. The molecule has 1 fully saturated rings. The minimum atomic E-state index is -1.06. The van der Waals surface area contributed by atoms with E-state index < -0.39 is 28.9 Å². The first-order valence-electron chi connectivity index (χ1n) is 6.64. The van der Waals surface area contributed by atoms with Crippen LogP contribution in [0.2, 0.25) is 0 Å². The van der Waals surface area contributed by atoms with Crippen molar-refractivity contribution < 1.29 is 19.7 Å². The molecule has 0 bridgehead atoms. The first-order chi connectivity index (χ1) is 8.96. The van der Waals surface area contributed by atoms with Gasteiger partial charge in [-0.25, -0.2) is 4.79 Å². The molecular formula is C13H21N2O4+. The molecular weight excluding hydrogens is 248 g/mol. The van der Waals surface area contributed by atoms with E-state index >= 15 is 0 Å². The first kappa shape index (κ1) is 15.4. The third-order valence-electron chi connectivity index (χ3n) is 3.75. The molecule has 1 aliphatic carbocycles. The Labute approximate surface area is 112 Å². The Kier molecular flexibility index (Phi) is 5.31. The van der Waals surface area contributed by atoms with Crippen molar-refractivity contribution in [2.45, 2.75) is 51.6 Å². The van der Waals surface area contributed by atoms with Gasteiger partial charge in [-0.3, -0.25) is 0 Å². The van der Waals surface area contributed by atoms with Gasteiger partial charge >= 0.3 is 11.7 Å². The van der Waals surface area contributed by atoms with Crippen molar-refractivity contribution in [3.05, 3.63) is 16.4 Å². The Morgan fingerprint density at radius 3 is 2.47 bits per heavy atom. The molecule has 1 aliphatic rings. The Morgan fingerprint density at radius 1 is 1.42 bits per heavy atom. The van der Waals surface area contributed by atoms with Crippen LogP contribution in [0.3, 0.4) is 0 Å². The van der Waals surface area contributed by atoms with Crippen molar-refractivity contribution in [1.82, 2.24) is 0 Å². The summed E-state index contributed by atoms with van der Waals surface area (Å²) in [6.45, 7) is 3.34. The van der Waals surface area contributed by atoms with Crippen LogP contribution in [0, 0.1) is 11.3 Å². The van der Waals surface area contributed by atoms with Gasteiger partial charge in [0.25, 0.3) is 0 Å². The number of esters is 1. The molecule has 1 rings (SSSR count). The summed E-state index contributed by atoms with van der Waals surface area (Å²) >= 11 is 0. The lowest BCUT2D eigenvalue weighted by molar-refractivity contribution is -0.138. The molecule has 0 saturated heterocycles. The Hall–Kier alpha value is -1.61. The van der Waals surface area contributed by atoms with E-state index in [0.29, 0.717) is 12.8 Å². The number of hydrogen-bond donors (Lipinski definition) is 2. The SMILES string of the molecule is CCOC(=O)/C([N+]#N)=C(\O)C(C)C1(O)CCCCC1. The van der Waals surface area contributed by atoms with Crippen molar-refractivity contribution in [3.8, 4) is 0 Å². The van der Waals surface area contributed by atoms with Crippen molar-refractivity contribution in [2.24, 2.45) is 5.92 Å². The molecule has 6 heteroatoms. The molecule has 0 spiro atoms. The zero-order valence-corrected chi connectivity index (χ0v) is 11.4. The van der Waals surface area contributed by atoms with Gasteiger partial charge in [0, 0.05) is 0 Å². The van der Waals surface area contributed by atoms with Crippen molar-refractivity contribution >= 4 is 5.97 Å². The van der Waals surface area contributed by atoms with E-state index in [1.165, 1.54) is 0 Å². The molecule has 19 heavy (non-hydrogen) atoms. The molecule has 0 aromatic carbocycles. The molecule has 1 saturated carbocycles. The summed E-state index contributed by atoms with van der Waals surface area (Å²) in [7, 11) is 0. The lowest BCUT2D eigenvalue weighted by atomic mass is 9.75. The van der Waals surface area contributed by atoms with E-state index in [0.717, 1.165) is 19.3 Å². The third-order valence-corrected chi connectivity index (χ3v) is 3.75. The van der Waals surface area contributed by atoms with E-state index in [4.69, 9.17) is 10.1 Å². The van der Waals surface area contributed by atoms with Gasteiger partial charge in [-0.1, -0.05) is 26.2 Å². The number of aliphatic hydroxyl groups is 2. The number of hydrogen-bond acceptors (Lipinski definition) is 5. The van der Waals surface area contributed by atoms with Crippen LogP contribution < -0.4 is 0 Å². The van der Waals surface area contributed by atoms with Crippen LogP contribution in [-0.2, 0) is 9.53 Å². The molecule has 6 nitrogen and oxygen atoms in total. The number of diazo groups is 1. The maximum Gasteiger partial charge on any atom is 0.505 e. The van der Waals surface area contributed by atoms with E-state index in [1.54, 1.807) is 13.8 Å². The highest BCUT2D eigenvalue weighted by Gasteiger charge is 2.43. The number of carbonyl (C=O) groups excluding carboxylic acids is 1. The summed E-state index contributed by atoms with van der Waals surface area (Å²) in [6.07, 6.45) is 3.91. The highest BCUT2D eigenvalue weighted by molar-refractivity contribution is 5.90. The number of nitrogens with zero attached hydrogens (tertiary/aromatic N) is 2. The summed E-state index contributed by atoms with van der Waals surface area (Å²) in [5.41, 5.74) is -1.60. The average Bonchev–Trinajstić information content (AvgIpc) is 2.39. The Bertz CT molecular complexity index is 405. The topological polar surface area (TPSA) is 94.9 Å². The third kappa shape index (κ3) is 3.44. The fourth-order valence-electron chi connectivity index (χ4n) is 2.45. The molecule has 1 unspecified atom stereocenters. The van der Waals surface area contributed by atoms with Gasteiger partial charge in [0.15, 0.2) is 4.98 Å². The number of ether oxygens (including phenoxy) is 1. The number of aliphatic hydroxyl groups excluding tert-OH is 1. The number of rotatable bonds is 4. The van der Waals surface area contributed by atoms with Gasteiger partial charge in [0.05, 0.1) is 18.1 Å². The largest absolute Gasteiger partial charge is 0.505 e. The predicted molar refractivity (Wildman–Crippen MR) is 68.6 cm³/mol. The normalized spacial score (nSPS) is 20.9. The monoisotopic (exact) mass is 269 g/mol. The fourth-order valence-corrected chi connectivity index (χ4v) is 2.45. The predicted octanol–water partition coefficient (Wildman–Crippen LogP) is 2.50. The first-order valence-corrected chi connectivity index (χ1v) is 6.64. The quantitative estimate of drug-likeness (QED) is 0.354. The Balaban J connectivity index is 2.97. The summed E-state index contributed by atoms with van der Waals surface area (Å²) in [6, 6.07) is 0. The van der Waals surface area contributed by atoms with Gasteiger partial charge in [0.2, 0.25) is 11.2 Å². The van der Waals surface area contributed by atoms with Crippen molar-refractivity contribution in [1.29, 1.82) is 5.39 Å². The molecule has 0 aliphatic heterocycles. The van der Waals surface area contributed by atoms with Crippen LogP contribution >= 0.6 is 0 Å². The molecule has 0 amide bonds. The molecule has 0 heterocycles. The fraction of sp³-hybridized carbons (Fsp3) is 0.769. The minimum absolute atomic E-state index is 0.115. The molecule has 106 valence electrons. The van der Waals surface area contributed by atoms with E-state index in [9.17, 15) is 15.0 Å². The molecule has 0 aromatic rings. The summed E-state index contributed by atoms with van der Waals surface area (Å²) in [5, 5.41) is 29.4. The van der Waals surface area contributed by atoms with Gasteiger partial charge in [-0.2, -0.15) is 0 Å². The lowest BCUT2D eigenvalue weighted by Crippen LogP contribution is -2.40. The zero-order chi connectivity index (χ0) is 14.5. The average molecular weight is 269 g/mol. The van der Waals surface area contributed by atoms with Crippen LogP contribution in [0.15, 0.2) is 11.5 Å². The number of carbonyl (C=O) groups is 1. The molecule has 2 N–H and O–H groups in total. The van der Waals surface area contributed by atoms with Crippen LogP contribution in [0.4, 0.5) is 0 Å². The van der Waals surface area contributed by atoms with Crippen LogP contribution in [0.25, 0.3) is 4.98 Å². The van der Waals surface area contributed by atoms with Crippen LogP contribution in [0.5, 0.6) is 0 Å². The van der Waals surface area contributed by atoms with Gasteiger partial charge in [-0.15, -0.1) is 0 Å². The second-order valence-corrected chi connectivity index (χ2v) is 4.94. The summed E-state index contributed by atoms with van der Waals surface area (Å²) in [4.78, 5) is 14.3. The molecule has 0 aromatic heterocycles. The maximum absolute atomic E-state index is 11.5. The van der Waals surface area contributed by atoms with E-state index in [2.05, 4.69) is 4.98 Å². The zero-order valence-electron chi connectivity index (χ0n) is 11.4. The summed E-state index contributed by atoms with van der Waals surface area (Å²) in [5.74, 6) is -2.00. The van der Waals surface area contributed by atoms with Gasteiger partial charge in [-0.05, 0) is 19.8 Å². The maximum atomic E-state index is 11.5. The highest BCUT2D eigenvalue weighted by Crippen LogP contribution is 2.37. The minimum Gasteiger partial charge on any atom is -0.504 e. The highest BCUT2D eigenvalue weighted by atomic mass is 16.5. The van der Waals surface area contributed by atoms with Crippen LogP contribution in [-0.4, -0.2) is 28.4 Å². The second kappa shape index (κ2) is 6.53. The summed E-state index contributed by atoms with van der Waals surface area (Å²) < 4.78 is 4.69. The van der Waals surface area contributed by atoms with E-state index in [-0.39, 0.29) is 6.61 Å². The van der Waals surface area contributed by atoms with E-state index in [1.807, 2.05) is 0 Å². The Morgan fingerprint density at radius 2 is 2.00 bits per heavy atom.